The quantitative estimate of drug-likeness (QED) is 0.710. The van der Waals surface area contributed by atoms with Crippen LogP contribution < -0.4 is 5.73 Å². The second kappa shape index (κ2) is 4.96. The lowest BCUT2D eigenvalue weighted by Gasteiger charge is -2.25. The van der Waals surface area contributed by atoms with E-state index in [1.807, 2.05) is 6.08 Å². The van der Waals surface area contributed by atoms with Crippen LogP contribution in [0.5, 0.6) is 0 Å². The third-order valence-electron chi connectivity index (χ3n) is 2.63. The smallest absolute Gasteiger partial charge is 0.291 e. The number of carbonyl (C=O) groups excluding carboxylic acids is 1. The molecule has 0 saturated carbocycles. The minimum Gasteiger partial charge on any atom is -0.380 e. The molecule has 0 radical (unpaired) electrons. The van der Waals surface area contributed by atoms with Gasteiger partial charge in [-0.25, -0.2) is 0 Å². The minimum absolute atomic E-state index is 0.0842. The van der Waals surface area contributed by atoms with Gasteiger partial charge < -0.3 is 15.4 Å². The van der Waals surface area contributed by atoms with Gasteiger partial charge in [0.05, 0.1) is 6.61 Å². The van der Waals surface area contributed by atoms with Gasteiger partial charge in [-0.05, 0) is 12.0 Å². The molecule has 0 bridgehead atoms. The molecule has 2 heterocycles. The van der Waals surface area contributed by atoms with Gasteiger partial charge in [0, 0.05) is 20.2 Å². The van der Waals surface area contributed by atoms with Crippen LogP contribution in [0.4, 0.5) is 5.95 Å². The van der Waals surface area contributed by atoms with E-state index in [9.17, 15) is 4.79 Å². The van der Waals surface area contributed by atoms with Crippen LogP contribution >= 0.6 is 0 Å². The van der Waals surface area contributed by atoms with Gasteiger partial charge in [0.2, 0.25) is 11.8 Å². The number of anilines is 1. The molecule has 1 aromatic rings. The first-order valence-electron chi connectivity index (χ1n) is 5.34. The van der Waals surface area contributed by atoms with E-state index in [0.717, 1.165) is 6.42 Å². The number of amides is 1. The number of H-pyrrole nitrogens is 1. The van der Waals surface area contributed by atoms with Gasteiger partial charge in [-0.1, -0.05) is 6.08 Å². The monoisotopic (exact) mass is 237 g/mol. The molecule has 1 aliphatic heterocycles. The molecule has 2 rings (SSSR count). The van der Waals surface area contributed by atoms with Crippen molar-refractivity contribution >= 4 is 11.9 Å². The third kappa shape index (κ3) is 2.62. The van der Waals surface area contributed by atoms with Gasteiger partial charge in [0.1, 0.15) is 0 Å². The van der Waals surface area contributed by atoms with Crippen LogP contribution in [0.2, 0.25) is 0 Å². The Morgan fingerprint density at radius 2 is 2.53 bits per heavy atom. The highest BCUT2D eigenvalue weighted by molar-refractivity contribution is 5.90. The lowest BCUT2D eigenvalue weighted by molar-refractivity contribution is 0.0753. The van der Waals surface area contributed by atoms with Crippen molar-refractivity contribution in [1.82, 2.24) is 20.1 Å². The summed E-state index contributed by atoms with van der Waals surface area (Å²) < 4.78 is 5.05. The summed E-state index contributed by atoms with van der Waals surface area (Å²) in [6.07, 6.45) is 2.83. The first-order valence-corrected chi connectivity index (χ1v) is 5.34. The number of hydrogen-bond acceptors (Lipinski definition) is 5. The highest BCUT2D eigenvalue weighted by Crippen LogP contribution is 2.12. The first-order chi connectivity index (χ1) is 8.20. The fourth-order valence-corrected chi connectivity index (χ4v) is 1.73. The Bertz CT molecular complexity index is 440. The van der Waals surface area contributed by atoms with Crippen LogP contribution in [0.1, 0.15) is 17.0 Å². The summed E-state index contributed by atoms with van der Waals surface area (Å²) in [5.74, 6) is 0.0916. The molecular formula is C10H15N5O2. The number of aromatic amines is 1. The molecule has 1 aromatic heterocycles. The number of ether oxygens (including phenoxy) is 1. The van der Waals surface area contributed by atoms with Gasteiger partial charge in [0.25, 0.3) is 5.91 Å². The van der Waals surface area contributed by atoms with E-state index >= 15 is 0 Å². The summed E-state index contributed by atoms with van der Waals surface area (Å²) in [6.45, 7) is 1.85. The Morgan fingerprint density at radius 1 is 1.71 bits per heavy atom. The van der Waals surface area contributed by atoms with Gasteiger partial charge in [0.15, 0.2) is 0 Å². The molecule has 0 saturated heterocycles. The molecule has 0 aromatic carbocycles. The maximum Gasteiger partial charge on any atom is 0.291 e. The number of hydrogen-bond donors (Lipinski definition) is 2. The average molecular weight is 237 g/mol. The number of rotatable bonds is 3. The molecule has 7 nitrogen and oxygen atoms in total. The zero-order valence-electron chi connectivity index (χ0n) is 9.64. The highest BCUT2D eigenvalue weighted by atomic mass is 16.5. The molecule has 0 spiro atoms. The maximum atomic E-state index is 12.0. The molecule has 1 aliphatic rings. The van der Waals surface area contributed by atoms with Crippen LogP contribution in [-0.2, 0) is 4.74 Å². The second-order valence-electron chi connectivity index (χ2n) is 3.84. The predicted molar refractivity (Wildman–Crippen MR) is 61.3 cm³/mol. The van der Waals surface area contributed by atoms with E-state index in [4.69, 9.17) is 10.5 Å². The van der Waals surface area contributed by atoms with Gasteiger partial charge in [-0.3, -0.25) is 9.89 Å². The summed E-state index contributed by atoms with van der Waals surface area (Å²) in [7, 11) is 1.66. The number of methoxy groups -OCH3 is 1. The Labute approximate surface area is 98.6 Å². The number of nitrogens with one attached hydrogen (secondary N) is 1. The number of nitrogens with two attached hydrogens (primary N) is 1. The van der Waals surface area contributed by atoms with E-state index in [1.54, 1.807) is 12.0 Å². The van der Waals surface area contributed by atoms with Crippen molar-refractivity contribution in [3.8, 4) is 0 Å². The maximum absolute atomic E-state index is 12.0. The summed E-state index contributed by atoms with van der Waals surface area (Å²) >= 11 is 0. The summed E-state index contributed by atoms with van der Waals surface area (Å²) in [5, 5.41) is 6.15. The zero-order chi connectivity index (χ0) is 12.3. The number of nitrogen functional groups attached to an aromatic ring is 1. The van der Waals surface area contributed by atoms with Gasteiger partial charge in [-0.15, -0.1) is 5.10 Å². The molecule has 0 atom stereocenters. The fraction of sp³-hybridized carbons (Fsp3) is 0.500. The number of nitrogens with zero attached hydrogens (tertiary/aromatic N) is 3. The highest BCUT2D eigenvalue weighted by Gasteiger charge is 2.21. The molecule has 17 heavy (non-hydrogen) atoms. The van der Waals surface area contributed by atoms with Crippen LogP contribution in [0.15, 0.2) is 11.6 Å². The standard InChI is InChI=1S/C10H15N5O2/c1-17-6-7-2-4-15(5-3-7)9(16)8-12-10(11)14-13-8/h2H,3-6H2,1H3,(H3,11,12,13,14). The van der Waals surface area contributed by atoms with Crippen LogP contribution in [-0.4, -0.2) is 52.8 Å². The SMILES string of the molecule is COCC1=CCN(C(=O)c2nc(N)n[nH]2)CC1. The Kier molecular flexibility index (Phi) is 3.38. The van der Waals surface area contributed by atoms with Crippen molar-refractivity contribution in [2.24, 2.45) is 0 Å². The Morgan fingerprint density at radius 3 is 3.06 bits per heavy atom. The minimum atomic E-state index is -0.179. The Balaban J connectivity index is 1.99. The molecule has 0 aliphatic carbocycles. The van der Waals surface area contributed by atoms with Gasteiger partial charge in [-0.2, -0.15) is 4.98 Å². The van der Waals surface area contributed by atoms with Gasteiger partial charge >= 0.3 is 0 Å². The summed E-state index contributed by atoms with van der Waals surface area (Å²) in [4.78, 5) is 17.5. The number of carbonyl (C=O) groups is 1. The Hall–Kier alpha value is -1.89. The molecule has 7 heteroatoms. The van der Waals surface area contributed by atoms with E-state index in [-0.39, 0.29) is 17.7 Å². The topological polar surface area (TPSA) is 97.1 Å². The van der Waals surface area contributed by atoms with E-state index in [0.29, 0.717) is 19.7 Å². The third-order valence-corrected chi connectivity index (χ3v) is 2.63. The normalized spacial score (nSPS) is 15.8. The predicted octanol–water partition coefficient (Wildman–Crippen LogP) is -0.194. The first kappa shape index (κ1) is 11.6. The van der Waals surface area contributed by atoms with E-state index in [2.05, 4.69) is 15.2 Å². The molecule has 0 unspecified atom stereocenters. The summed E-state index contributed by atoms with van der Waals surface area (Å²) in [5.41, 5.74) is 6.57. The molecular weight excluding hydrogens is 222 g/mol. The molecule has 1 amide bonds. The van der Waals surface area contributed by atoms with Crippen LogP contribution in [0.25, 0.3) is 0 Å². The average Bonchev–Trinajstić information content (AvgIpc) is 2.76. The van der Waals surface area contributed by atoms with Crippen LogP contribution in [0.3, 0.4) is 0 Å². The fourth-order valence-electron chi connectivity index (χ4n) is 1.73. The van der Waals surface area contributed by atoms with Crippen molar-refractivity contribution in [1.29, 1.82) is 0 Å². The molecule has 3 N–H and O–H groups in total. The molecule has 0 fully saturated rings. The van der Waals surface area contributed by atoms with Crippen molar-refractivity contribution in [3.63, 3.8) is 0 Å². The summed E-state index contributed by atoms with van der Waals surface area (Å²) in [6, 6.07) is 0. The van der Waals surface area contributed by atoms with Crippen molar-refractivity contribution in [3.05, 3.63) is 17.5 Å². The van der Waals surface area contributed by atoms with E-state index in [1.165, 1.54) is 5.57 Å². The lowest BCUT2D eigenvalue weighted by atomic mass is 10.1. The zero-order valence-corrected chi connectivity index (χ0v) is 9.64. The lowest BCUT2D eigenvalue weighted by Crippen LogP contribution is -2.36. The second-order valence-corrected chi connectivity index (χ2v) is 3.84. The van der Waals surface area contributed by atoms with Crippen molar-refractivity contribution < 1.29 is 9.53 Å². The largest absolute Gasteiger partial charge is 0.380 e. The molecule has 92 valence electrons. The van der Waals surface area contributed by atoms with Crippen molar-refractivity contribution in [2.45, 2.75) is 6.42 Å². The number of aromatic nitrogens is 3. The van der Waals surface area contributed by atoms with Crippen molar-refractivity contribution in [2.75, 3.05) is 32.5 Å². The van der Waals surface area contributed by atoms with Crippen LogP contribution in [0, 0.1) is 0 Å². The van der Waals surface area contributed by atoms with E-state index < -0.39 is 0 Å².